The average Bonchev–Trinajstić information content (AvgIpc) is 3.32. The molecule has 8 nitrogen and oxygen atoms in total. The van der Waals surface area contributed by atoms with Crippen LogP contribution in [0.15, 0.2) is 53.7 Å². The van der Waals surface area contributed by atoms with E-state index in [2.05, 4.69) is 14.8 Å². The van der Waals surface area contributed by atoms with Crippen molar-refractivity contribution in [1.29, 1.82) is 0 Å². The molecular weight excluding hydrogens is 427 g/mol. The van der Waals surface area contributed by atoms with Crippen LogP contribution in [0, 0.1) is 0 Å². The summed E-state index contributed by atoms with van der Waals surface area (Å²) >= 11 is 12.2. The van der Waals surface area contributed by atoms with Crippen molar-refractivity contribution in [3.63, 3.8) is 0 Å². The third-order valence-corrected chi connectivity index (χ3v) is 5.98. The van der Waals surface area contributed by atoms with Crippen LogP contribution in [0.5, 0.6) is 0 Å². The van der Waals surface area contributed by atoms with Crippen LogP contribution < -0.4 is 4.72 Å². The van der Waals surface area contributed by atoms with Gasteiger partial charge in [-0.1, -0.05) is 29.3 Å². The van der Waals surface area contributed by atoms with Crippen molar-refractivity contribution in [2.24, 2.45) is 0 Å². The molecule has 0 saturated carbocycles. The Labute approximate surface area is 172 Å². The molecule has 1 aromatic carbocycles. The number of sulfonamides is 1. The van der Waals surface area contributed by atoms with Gasteiger partial charge < -0.3 is 9.52 Å². The van der Waals surface area contributed by atoms with Gasteiger partial charge in [-0.3, -0.25) is 0 Å². The lowest BCUT2D eigenvalue weighted by atomic mass is 9.94. The zero-order chi connectivity index (χ0) is 20.2. The minimum absolute atomic E-state index is 0.0605. The van der Waals surface area contributed by atoms with Crippen molar-refractivity contribution < 1.29 is 17.9 Å². The molecule has 2 aromatic heterocycles. The first-order valence-electron chi connectivity index (χ1n) is 8.27. The lowest BCUT2D eigenvalue weighted by Gasteiger charge is -2.29. The molecule has 0 radical (unpaired) electrons. The maximum atomic E-state index is 12.4. The smallest absolute Gasteiger partial charge is 0.212 e. The van der Waals surface area contributed by atoms with Gasteiger partial charge in [0.05, 0.1) is 18.6 Å². The zero-order valence-corrected chi connectivity index (χ0v) is 17.0. The largest absolute Gasteiger partial charge is 0.469 e. The second-order valence-electron chi connectivity index (χ2n) is 6.22. The number of hydrogen-bond donors (Lipinski definition) is 2. The fourth-order valence-corrected chi connectivity index (χ4v) is 4.33. The first-order chi connectivity index (χ1) is 13.3. The van der Waals surface area contributed by atoms with Crippen LogP contribution in [0.2, 0.25) is 10.0 Å². The number of furan rings is 1. The van der Waals surface area contributed by atoms with E-state index in [1.807, 2.05) is 0 Å². The molecule has 0 aliphatic rings. The van der Waals surface area contributed by atoms with Gasteiger partial charge >= 0.3 is 0 Å². The summed E-state index contributed by atoms with van der Waals surface area (Å²) in [5.74, 6) is 0.373. The topological polar surface area (TPSA) is 110 Å². The Bertz CT molecular complexity index is 1010. The normalized spacial score (nSPS) is 14.1. The SMILES string of the molecule is O=S(=O)(CCc1ccco1)NCC(O)(Cn1cncn1)c1ccc(Cl)cc1Cl. The van der Waals surface area contributed by atoms with Crippen LogP contribution in [0.25, 0.3) is 0 Å². The van der Waals surface area contributed by atoms with E-state index < -0.39 is 15.6 Å². The minimum Gasteiger partial charge on any atom is -0.469 e. The Kier molecular flexibility index (Phi) is 6.41. The Morgan fingerprint density at radius 2 is 2.11 bits per heavy atom. The highest BCUT2D eigenvalue weighted by atomic mass is 35.5. The Morgan fingerprint density at radius 1 is 1.29 bits per heavy atom. The molecule has 1 unspecified atom stereocenters. The van der Waals surface area contributed by atoms with Gasteiger partial charge in [-0.2, -0.15) is 5.10 Å². The van der Waals surface area contributed by atoms with Crippen molar-refractivity contribution >= 4 is 33.2 Å². The second-order valence-corrected chi connectivity index (χ2v) is 8.99. The van der Waals surface area contributed by atoms with Crippen molar-refractivity contribution in [1.82, 2.24) is 19.5 Å². The van der Waals surface area contributed by atoms with Crippen LogP contribution >= 0.6 is 23.2 Å². The number of nitrogens with one attached hydrogen (secondary N) is 1. The van der Waals surface area contributed by atoms with Gasteiger partial charge in [0.15, 0.2) is 0 Å². The first kappa shape index (κ1) is 20.8. The van der Waals surface area contributed by atoms with Crippen LogP contribution in [-0.4, -0.2) is 40.6 Å². The van der Waals surface area contributed by atoms with E-state index in [0.29, 0.717) is 16.3 Å². The lowest BCUT2D eigenvalue weighted by Crippen LogP contribution is -2.44. The molecule has 0 saturated heterocycles. The second kappa shape index (κ2) is 8.62. The van der Waals surface area contributed by atoms with E-state index >= 15 is 0 Å². The minimum atomic E-state index is -3.68. The van der Waals surface area contributed by atoms with Crippen molar-refractivity contribution in [2.45, 2.75) is 18.6 Å². The summed E-state index contributed by atoms with van der Waals surface area (Å²) in [6.07, 6.45) is 4.43. The Hall–Kier alpha value is -1.91. The Morgan fingerprint density at radius 3 is 2.75 bits per heavy atom. The Balaban J connectivity index is 1.78. The van der Waals surface area contributed by atoms with E-state index in [0.717, 1.165) is 0 Å². The molecule has 2 heterocycles. The summed E-state index contributed by atoms with van der Waals surface area (Å²) in [6, 6.07) is 7.99. The number of rotatable bonds is 9. The van der Waals surface area contributed by atoms with Crippen LogP contribution in [0.4, 0.5) is 0 Å². The summed E-state index contributed by atoms with van der Waals surface area (Å²) in [5, 5.41) is 15.9. The molecular formula is C17H18Cl2N4O4S. The number of aryl methyl sites for hydroxylation is 1. The number of nitrogens with zero attached hydrogens (tertiary/aromatic N) is 3. The van der Waals surface area contributed by atoms with Gasteiger partial charge in [0.2, 0.25) is 10.0 Å². The molecule has 3 rings (SSSR count). The van der Waals surface area contributed by atoms with Gasteiger partial charge in [0, 0.05) is 28.6 Å². The van der Waals surface area contributed by atoms with Gasteiger partial charge in [-0.25, -0.2) is 22.8 Å². The maximum Gasteiger partial charge on any atom is 0.212 e. The highest BCUT2D eigenvalue weighted by Crippen LogP contribution is 2.31. The molecule has 0 amide bonds. The summed E-state index contributed by atoms with van der Waals surface area (Å²) in [6.45, 7) is -0.371. The summed E-state index contributed by atoms with van der Waals surface area (Å²) in [5.41, 5.74) is -1.35. The number of hydrogen-bond acceptors (Lipinski definition) is 6. The molecule has 0 bridgehead atoms. The lowest BCUT2D eigenvalue weighted by molar-refractivity contribution is 0.0204. The zero-order valence-electron chi connectivity index (χ0n) is 14.6. The average molecular weight is 445 g/mol. The molecule has 150 valence electrons. The molecule has 28 heavy (non-hydrogen) atoms. The molecule has 0 spiro atoms. The molecule has 1 atom stereocenters. The van der Waals surface area contributed by atoms with Crippen LogP contribution in [0.3, 0.4) is 0 Å². The number of benzene rings is 1. The fourth-order valence-electron chi connectivity index (χ4n) is 2.68. The predicted octanol–water partition coefficient (Wildman–Crippen LogP) is 2.23. The summed E-state index contributed by atoms with van der Waals surface area (Å²) < 4.78 is 33.8. The van der Waals surface area contributed by atoms with Gasteiger partial charge in [-0.15, -0.1) is 0 Å². The molecule has 3 aromatic rings. The number of halogens is 2. The van der Waals surface area contributed by atoms with E-state index in [9.17, 15) is 13.5 Å². The highest BCUT2D eigenvalue weighted by molar-refractivity contribution is 7.89. The predicted molar refractivity (Wildman–Crippen MR) is 105 cm³/mol. The third kappa shape index (κ3) is 5.33. The fraction of sp³-hybridized carbons (Fsp3) is 0.294. The maximum absolute atomic E-state index is 12.4. The standard InChI is InChI=1S/C17H18Cl2N4O4S/c18-13-3-4-15(16(19)8-13)17(24,10-23-12-20-11-21-23)9-22-28(25,26)7-5-14-2-1-6-27-14/h1-4,6,8,11-12,22,24H,5,7,9-10H2. The molecule has 11 heteroatoms. The first-order valence-corrected chi connectivity index (χ1v) is 10.7. The molecule has 0 aliphatic heterocycles. The summed E-state index contributed by atoms with van der Waals surface area (Å²) in [4.78, 5) is 3.84. The number of aromatic nitrogens is 3. The van der Waals surface area contributed by atoms with E-state index in [1.54, 1.807) is 24.3 Å². The van der Waals surface area contributed by atoms with E-state index in [4.69, 9.17) is 27.6 Å². The van der Waals surface area contributed by atoms with Gasteiger partial charge in [-0.05, 0) is 24.3 Å². The quantitative estimate of drug-likeness (QED) is 0.523. The van der Waals surface area contributed by atoms with Crippen LogP contribution in [-0.2, 0) is 28.6 Å². The van der Waals surface area contributed by atoms with E-state index in [-0.39, 0.29) is 30.3 Å². The van der Waals surface area contributed by atoms with Crippen molar-refractivity contribution in [2.75, 3.05) is 12.3 Å². The molecule has 2 N–H and O–H groups in total. The van der Waals surface area contributed by atoms with E-state index in [1.165, 1.54) is 29.7 Å². The van der Waals surface area contributed by atoms with Crippen molar-refractivity contribution in [3.8, 4) is 0 Å². The van der Waals surface area contributed by atoms with Gasteiger partial charge in [0.25, 0.3) is 0 Å². The summed E-state index contributed by atoms with van der Waals surface area (Å²) in [7, 11) is -3.68. The van der Waals surface area contributed by atoms with Crippen molar-refractivity contribution in [3.05, 3.63) is 70.6 Å². The molecule has 0 fully saturated rings. The monoisotopic (exact) mass is 444 g/mol. The number of aliphatic hydroxyl groups is 1. The van der Waals surface area contributed by atoms with Gasteiger partial charge in [0.1, 0.15) is 24.0 Å². The van der Waals surface area contributed by atoms with Crippen LogP contribution in [0.1, 0.15) is 11.3 Å². The third-order valence-electron chi connectivity index (χ3n) is 4.10. The molecule has 0 aliphatic carbocycles. The highest BCUT2D eigenvalue weighted by Gasteiger charge is 2.34.